The monoisotopic (exact) mass is 489 g/mol. The van der Waals surface area contributed by atoms with Crippen molar-refractivity contribution < 1.29 is 26.7 Å². The lowest BCUT2D eigenvalue weighted by Crippen LogP contribution is -2.13. The molecule has 0 aliphatic heterocycles. The summed E-state index contributed by atoms with van der Waals surface area (Å²) in [4.78, 5) is 24.0. The Kier molecular flexibility index (Phi) is 6.27. The van der Waals surface area contributed by atoms with E-state index in [-0.39, 0.29) is 24.4 Å². The van der Waals surface area contributed by atoms with E-state index < -0.39 is 29.9 Å². The number of hydrogen-bond acceptors (Lipinski definition) is 5. The minimum Gasteiger partial charge on any atom is -0.383 e. The molecule has 6 nitrogen and oxygen atoms in total. The summed E-state index contributed by atoms with van der Waals surface area (Å²) in [6.07, 6.45) is -1.38. The highest BCUT2D eigenvalue weighted by molar-refractivity contribution is 5.81. The molecule has 0 saturated heterocycles. The van der Waals surface area contributed by atoms with Gasteiger partial charge in [-0.3, -0.25) is 9.20 Å². The van der Waals surface area contributed by atoms with Crippen LogP contribution in [-0.2, 0) is 17.4 Å². The van der Waals surface area contributed by atoms with Crippen LogP contribution in [0.4, 0.5) is 27.8 Å². The molecule has 0 aliphatic rings. The molecule has 0 spiro atoms. The molecule has 0 atom stereocenters. The van der Waals surface area contributed by atoms with Gasteiger partial charge in [0.15, 0.2) is 5.82 Å². The zero-order valence-corrected chi connectivity index (χ0v) is 18.5. The van der Waals surface area contributed by atoms with Gasteiger partial charge in [0.1, 0.15) is 22.8 Å². The first-order valence-corrected chi connectivity index (χ1v) is 10.6. The number of benzene rings is 1. The number of nitrogen functional groups attached to an aromatic ring is 1. The SMILES string of the molecule is CC(F)(F)CCC(=O)Cc1cccc(-c2cnc3cc(-c4ncc(C(F)(F)F)c(N)n4)ccn23)c1. The second-order valence-corrected chi connectivity index (χ2v) is 8.26. The molecule has 1 aromatic carbocycles. The summed E-state index contributed by atoms with van der Waals surface area (Å²) < 4.78 is 66.5. The predicted molar refractivity (Wildman–Crippen MR) is 120 cm³/mol. The fourth-order valence-corrected chi connectivity index (χ4v) is 3.60. The van der Waals surface area contributed by atoms with Gasteiger partial charge in [0, 0.05) is 42.8 Å². The lowest BCUT2D eigenvalue weighted by Gasteiger charge is -2.10. The number of pyridine rings is 1. The smallest absolute Gasteiger partial charge is 0.383 e. The highest BCUT2D eigenvalue weighted by Gasteiger charge is 2.34. The summed E-state index contributed by atoms with van der Waals surface area (Å²) in [5, 5.41) is 0. The van der Waals surface area contributed by atoms with Crippen LogP contribution in [0, 0.1) is 0 Å². The van der Waals surface area contributed by atoms with Gasteiger partial charge in [0.2, 0.25) is 5.92 Å². The Labute approximate surface area is 196 Å². The summed E-state index contributed by atoms with van der Waals surface area (Å²) in [6, 6.07) is 10.4. The van der Waals surface area contributed by atoms with Gasteiger partial charge in [-0.05, 0) is 30.7 Å². The fourth-order valence-electron chi connectivity index (χ4n) is 3.60. The van der Waals surface area contributed by atoms with Crippen LogP contribution in [0.1, 0.15) is 30.9 Å². The van der Waals surface area contributed by atoms with Crippen LogP contribution >= 0.6 is 0 Å². The van der Waals surface area contributed by atoms with Gasteiger partial charge >= 0.3 is 6.18 Å². The molecule has 0 saturated carbocycles. The van der Waals surface area contributed by atoms with Crippen molar-refractivity contribution >= 4 is 17.2 Å². The maximum absolute atomic E-state index is 13.0. The molecule has 0 aliphatic carbocycles. The van der Waals surface area contributed by atoms with E-state index in [2.05, 4.69) is 15.0 Å². The number of ketones is 1. The van der Waals surface area contributed by atoms with Crippen molar-refractivity contribution in [2.75, 3.05) is 5.73 Å². The van der Waals surface area contributed by atoms with E-state index in [1.165, 1.54) is 0 Å². The van der Waals surface area contributed by atoms with E-state index in [4.69, 9.17) is 5.73 Å². The lowest BCUT2D eigenvalue weighted by atomic mass is 10.0. The Morgan fingerprint density at radius 2 is 1.80 bits per heavy atom. The molecule has 3 aromatic heterocycles. The Balaban J connectivity index is 1.58. The number of anilines is 1. The van der Waals surface area contributed by atoms with Crippen molar-refractivity contribution in [1.29, 1.82) is 0 Å². The number of alkyl halides is 5. The predicted octanol–water partition coefficient (Wildman–Crippen LogP) is 5.61. The van der Waals surface area contributed by atoms with E-state index in [9.17, 15) is 26.7 Å². The summed E-state index contributed by atoms with van der Waals surface area (Å²) in [5.41, 5.74) is 7.44. The number of carbonyl (C=O) groups excluding carboxylic acids is 1. The van der Waals surface area contributed by atoms with E-state index in [0.29, 0.717) is 28.7 Å². The van der Waals surface area contributed by atoms with Crippen LogP contribution in [0.2, 0.25) is 0 Å². The van der Waals surface area contributed by atoms with E-state index >= 15 is 0 Å². The molecule has 2 N–H and O–H groups in total. The summed E-state index contributed by atoms with van der Waals surface area (Å²) in [5.74, 6) is -3.80. The number of imidazole rings is 1. The van der Waals surface area contributed by atoms with Crippen molar-refractivity contribution in [3.05, 3.63) is 66.1 Å². The molecule has 11 heteroatoms. The fraction of sp³-hybridized carbons (Fsp3) is 0.250. The minimum absolute atomic E-state index is 0.0284. The van der Waals surface area contributed by atoms with Gasteiger partial charge in [-0.15, -0.1) is 0 Å². The number of hydrogen-bond donors (Lipinski definition) is 1. The second-order valence-electron chi connectivity index (χ2n) is 8.26. The molecule has 0 bridgehead atoms. The summed E-state index contributed by atoms with van der Waals surface area (Å²) in [7, 11) is 0. The van der Waals surface area contributed by atoms with Gasteiger partial charge in [-0.1, -0.05) is 18.2 Å². The third-order valence-corrected chi connectivity index (χ3v) is 5.36. The molecule has 4 aromatic rings. The first kappa shape index (κ1) is 24.2. The van der Waals surface area contributed by atoms with Crippen molar-refractivity contribution in [3.63, 3.8) is 0 Å². The summed E-state index contributed by atoms with van der Waals surface area (Å²) in [6.45, 7) is 0.787. The lowest BCUT2D eigenvalue weighted by molar-refractivity contribution is -0.137. The van der Waals surface area contributed by atoms with Gasteiger partial charge in [0.25, 0.3) is 0 Å². The molecular formula is C24H20F5N5O. The van der Waals surface area contributed by atoms with Crippen molar-refractivity contribution in [2.45, 2.75) is 38.3 Å². The number of halogens is 5. The molecule has 0 amide bonds. The average Bonchev–Trinajstić information content (AvgIpc) is 3.20. The third kappa shape index (κ3) is 5.61. The van der Waals surface area contributed by atoms with Crippen molar-refractivity contribution in [2.24, 2.45) is 0 Å². The number of fused-ring (bicyclic) bond motifs is 1. The number of nitrogens with two attached hydrogens (primary N) is 1. The Bertz CT molecular complexity index is 1390. The van der Waals surface area contributed by atoms with Crippen molar-refractivity contribution in [1.82, 2.24) is 19.4 Å². The molecule has 182 valence electrons. The molecule has 35 heavy (non-hydrogen) atoms. The number of carbonyl (C=O) groups is 1. The largest absolute Gasteiger partial charge is 0.421 e. The third-order valence-electron chi connectivity index (χ3n) is 5.36. The number of nitrogens with zero attached hydrogens (tertiary/aromatic N) is 4. The van der Waals surface area contributed by atoms with Crippen molar-refractivity contribution in [3.8, 4) is 22.6 Å². The molecule has 0 unspecified atom stereocenters. The van der Waals surface area contributed by atoms with Gasteiger partial charge < -0.3 is 5.73 Å². The normalized spacial score (nSPS) is 12.3. The number of aromatic nitrogens is 4. The first-order valence-electron chi connectivity index (χ1n) is 10.6. The highest BCUT2D eigenvalue weighted by atomic mass is 19.4. The van der Waals surface area contributed by atoms with Gasteiger partial charge in [-0.25, -0.2) is 23.7 Å². The zero-order chi connectivity index (χ0) is 25.4. The van der Waals surface area contributed by atoms with Crippen LogP contribution in [0.15, 0.2) is 55.0 Å². The molecule has 3 heterocycles. The van der Waals surface area contributed by atoms with Crippen LogP contribution < -0.4 is 5.73 Å². The number of rotatable bonds is 7. The van der Waals surface area contributed by atoms with Crippen LogP contribution in [0.25, 0.3) is 28.3 Å². The Morgan fingerprint density at radius 3 is 2.49 bits per heavy atom. The van der Waals surface area contributed by atoms with Crippen LogP contribution in [-0.4, -0.2) is 31.1 Å². The number of Topliss-reactive ketones (excluding diaryl/α,β-unsaturated/α-hetero) is 1. The van der Waals surface area contributed by atoms with Gasteiger partial charge in [0.05, 0.1) is 11.9 Å². The molecule has 0 fully saturated rings. The highest BCUT2D eigenvalue weighted by Crippen LogP contribution is 2.33. The van der Waals surface area contributed by atoms with E-state index in [0.717, 1.165) is 12.5 Å². The maximum atomic E-state index is 13.0. The standard InChI is InChI=1S/C24H20F5N5O/c1-23(25,26)7-5-17(35)10-14-3-2-4-15(9-14)19-13-31-20-11-16(6-8-34(19)20)22-32-12-18(21(30)33-22)24(27,28)29/h2-4,6,8-9,11-13H,5,7,10H2,1H3,(H2,30,32,33). The second kappa shape index (κ2) is 9.05. The maximum Gasteiger partial charge on any atom is 0.421 e. The van der Waals surface area contributed by atoms with Gasteiger partial charge in [-0.2, -0.15) is 13.2 Å². The Morgan fingerprint density at radius 1 is 1.03 bits per heavy atom. The topological polar surface area (TPSA) is 86.2 Å². The minimum atomic E-state index is -4.65. The average molecular weight is 489 g/mol. The molecule has 0 radical (unpaired) electrons. The zero-order valence-electron chi connectivity index (χ0n) is 18.5. The van der Waals surface area contributed by atoms with E-state index in [1.54, 1.807) is 47.1 Å². The quantitative estimate of drug-likeness (QED) is 0.341. The van der Waals surface area contributed by atoms with Crippen LogP contribution in [0.5, 0.6) is 0 Å². The summed E-state index contributed by atoms with van der Waals surface area (Å²) >= 11 is 0. The van der Waals surface area contributed by atoms with E-state index in [1.807, 2.05) is 6.07 Å². The first-order chi connectivity index (χ1) is 16.4. The van der Waals surface area contributed by atoms with Crippen LogP contribution in [0.3, 0.4) is 0 Å². The molecular weight excluding hydrogens is 469 g/mol. The molecule has 4 rings (SSSR count). The Hall–Kier alpha value is -3.89.